The topological polar surface area (TPSA) is 80.1 Å². The van der Waals surface area contributed by atoms with Crippen LogP contribution in [0.4, 0.5) is 5.69 Å². The third-order valence-corrected chi connectivity index (χ3v) is 6.11. The van der Waals surface area contributed by atoms with Crippen LogP contribution in [0.3, 0.4) is 0 Å². The molecule has 0 bridgehead atoms. The number of nitrogens with one attached hydrogen (secondary N) is 1. The highest BCUT2D eigenvalue weighted by atomic mass is 32.2. The third-order valence-electron chi connectivity index (χ3n) is 5.18. The maximum Gasteiger partial charge on any atom is 0.253 e. The van der Waals surface area contributed by atoms with Crippen LogP contribution in [0.2, 0.25) is 0 Å². The summed E-state index contributed by atoms with van der Waals surface area (Å²) < 4.78 is 1.98. The predicted molar refractivity (Wildman–Crippen MR) is 129 cm³/mol. The first-order chi connectivity index (χ1) is 15.3. The van der Waals surface area contributed by atoms with Crippen molar-refractivity contribution in [1.29, 1.82) is 0 Å². The molecule has 3 aromatic rings. The summed E-state index contributed by atoms with van der Waals surface area (Å²) in [7, 11) is 0. The van der Waals surface area contributed by atoms with Gasteiger partial charge in [-0.2, -0.15) is 0 Å². The van der Waals surface area contributed by atoms with Gasteiger partial charge >= 0.3 is 0 Å². The molecule has 1 heterocycles. The molecule has 0 saturated carbocycles. The lowest BCUT2D eigenvalue weighted by molar-refractivity contribution is -0.113. The van der Waals surface area contributed by atoms with Gasteiger partial charge in [-0.25, -0.2) is 0 Å². The van der Waals surface area contributed by atoms with Crippen molar-refractivity contribution in [1.82, 2.24) is 19.7 Å². The Morgan fingerprint density at radius 3 is 2.50 bits per heavy atom. The number of anilines is 1. The monoisotopic (exact) mass is 451 g/mol. The zero-order chi connectivity index (χ0) is 23.3. The minimum atomic E-state index is -0.171. The Morgan fingerprint density at radius 2 is 1.78 bits per heavy atom. The molecule has 8 heteroatoms. The zero-order valence-corrected chi connectivity index (χ0v) is 20.0. The molecule has 0 fully saturated rings. The molecule has 0 saturated heterocycles. The van der Waals surface area contributed by atoms with Crippen LogP contribution < -0.4 is 5.32 Å². The smallest absolute Gasteiger partial charge is 0.253 e. The largest absolute Gasteiger partial charge is 0.339 e. The van der Waals surface area contributed by atoms with Crippen LogP contribution in [-0.2, 0) is 4.79 Å². The van der Waals surface area contributed by atoms with Crippen LogP contribution in [0.5, 0.6) is 0 Å². The van der Waals surface area contributed by atoms with Crippen molar-refractivity contribution in [2.45, 2.75) is 39.8 Å². The molecule has 0 unspecified atom stereocenters. The molecule has 7 nitrogen and oxygen atoms in total. The zero-order valence-electron chi connectivity index (χ0n) is 19.2. The van der Waals surface area contributed by atoms with Gasteiger partial charge in [-0.05, 0) is 70.0 Å². The van der Waals surface area contributed by atoms with E-state index in [-0.39, 0.29) is 17.6 Å². The minimum absolute atomic E-state index is 0.0439. The number of amides is 2. The molecule has 0 aliphatic rings. The van der Waals surface area contributed by atoms with E-state index in [0.717, 1.165) is 22.6 Å². The van der Waals surface area contributed by atoms with Crippen molar-refractivity contribution in [3.8, 4) is 5.69 Å². The second-order valence-electron chi connectivity index (χ2n) is 7.55. The fourth-order valence-electron chi connectivity index (χ4n) is 3.42. The summed E-state index contributed by atoms with van der Waals surface area (Å²) in [5.74, 6) is 0.731. The van der Waals surface area contributed by atoms with Crippen LogP contribution >= 0.6 is 11.8 Å². The lowest BCUT2D eigenvalue weighted by atomic mass is 10.1. The van der Waals surface area contributed by atoms with E-state index in [0.29, 0.717) is 29.5 Å². The van der Waals surface area contributed by atoms with Crippen LogP contribution in [0.1, 0.15) is 41.2 Å². The van der Waals surface area contributed by atoms with E-state index in [1.165, 1.54) is 11.8 Å². The number of aromatic nitrogens is 3. The predicted octanol–water partition coefficient (Wildman–Crippen LogP) is 4.41. The van der Waals surface area contributed by atoms with Gasteiger partial charge in [-0.1, -0.05) is 30.0 Å². The SMILES string of the molecule is CCN(CC)C(=O)c1cccc(NC(=O)CSc2nnc(C)n2-c2cc(C)ccc2C)c1. The number of hydrogen-bond acceptors (Lipinski definition) is 5. The summed E-state index contributed by atoms with van der Waals surface area (Å²) in [6.07, 6.45) is 0. The molecule has 2 amide bonds. The molecule has 0 radical (unpaired) electrons. The van der Waals surface area contributed by atoms with Crippen LogP contribution in [0, 0.1) is 20.8 Å². The van der Waals surface area contributed by atoms with E-state index < -0.39 is 0 Å². The van der Waals surface area contributed by atoms with Crippen molar-refractivity contribution in [3.63, 3.8) is 0 Å². The maximum absolute atomic E-state index is 12.6. The summed E-state index contributed by atoms with van der Waals surface area (Å²) in [4.78, 5) is 26.9. The van der Waals surface area contributed by atoms with Gasteiger partial charge in [0.05, 0.1) is 11.4 Å². The molecular formula is C24H29N5O2S. The molecule has 0 aliphatic heterocycles. The fourth-order valence-corrected chi connectivity index (χ4v) is 4.22. The van der Waals surface area contributed by atoms with Gasteiger partial charge in [0.1, 0.15) is 5.82 Å². The highest BCUT2D eigenvalue weighted by molar-refractivity contribution is 7.99. The maximum atomic E-state index is 12.6. The standard InChI is InChI=1S/C24H29N5O2S/c1-6-28(7-2)23(31)19-9-8-10-20(14-19)25-22(30)15-32-24-27-26-18(5)29(24)21-13-16(3)11-12-17(21)4/h8-14H,6-7,15H2,1-5H3,(H,25,30). The van der Waals surface area contributed by atoms with Crippen molar-refractivity contribution in [3.05, 3.63) is 65.0 Å². The summed E-state index contributed by atoms with van der Waals surface area (Å²) in [5, 5.41) is 12.0. The molecule has 0 spiro atoms. The average Bonchev–Trinajstić information content (AvgIpc) is 3.15. The highest BCUT2D eigenvalue weighted by Crippen LogP contribution is 2.25. The lowest BCUT2D eigenvalue weighted by Crippen LogP contribution is -2.30. The van der Waals surface area contributed by atoms with Crippen LogP contribution in [0.25, 0.3) is 5.69 Å². The molecule has 2 aromatic carbocycles. The number of carbonyl (C=O) groups excluding carboxylic acids is 2. The van der Waals surface area contributed by atoms with E-state index in [1.54, 1.807) is 29.2 Å². The lowest BCUT2D eigenvalue weighted by Gasteiger charge is -2.19. The Morgan fingerprint density at radius 1 is 1.03 bits per heavy atom. The highest BCUT2D eigenvalue weighted by Gasteiger charge is 2.16. The first-order valence-corrected chi connectivity index (χ1v) is 11.6. The Labute approximate surface area is 193 Å². The summed E-state index contributed by atoms with van der Waals surface area (Å²) in [6.45, 7) is 11.2. The first kappa shape index (κ1) is 23.5. The molecule has 32 heavy (non-hydrogen) atoms. The van der Waals surface area contributed by atoms with Crippen LogP contribution in [0.15, 0.2) is 47.6 Å². The van der Waals surface area contributed by atoms with E-state index >= 15 is 0 Å². The second-order valence-corrected chi connectivity index (χ2v) is 8.49. The van der Waals surface area contributed by atoms with Gasteiger partial charge in [-0.15, -0.1) is 10.2 Å². The Bertz CT molecular complexity index is 1120. The Balaban J connectivity index is 1.70. The summed E-state index contributed by atoms with van der Waals surface area (Å²) in [5.41, 5.74) is 4.43. The third kappa shape index (κ3) is 5.37. The van der Waals surface area contributed by atoms with Crippen molar-refractivity contribution >= 4 is 29.3 Å². The molecule has 0 aliphatic carbocycles. The second kappa shape index (κ2) is 10.5. The number of nitrogens with zero attached hydrogens (tertiary/aromatic N) is 4. The summed E-state index contributed by atoms with van der Waals surface area (Å²) >= 11 is 1.33. The molecule has 168 valence electrons. The van der Waals surface area contributed by atoms with E-state index in [9.17, 15) is 9.59 Å². The molecule has 1 N–H and O–H groups in total. The van der Waals surface area contributed by atoms with Gasteiger partial charge in [0.2, 0.25) is 5.91 Å². The van der Waals surface area contributed by atoms with Gasteiger partial charge in [0.15, 0.2) is 5.16 Å². The number of rotatable bonds is 8. The van der Waals surface area contributed by atoms with E-state index in [2.05, 4.69) is 33.7 Å². The van der Waals surface area contributed by atoms with Gasteiger partial charge in [0, 0.05) is 24.3 Å². The van der Waals surface area contributed by atoms with Crippen LogP contribution in [-0.4, -0.2) is 50.3 Å². The Hall–Kier alpha value is -3.13. The Kier molecular flexibility index (Phi) is 7.69. The quantitative estimate of drug-likeness (QED) is 0.513. The van der Waals surface area contributed by atoms with Gasteiger partial charge in [0.25, 0.3) is 5.91 Å². The number of thioether (sulfide) groups is 1. The molecule has 1 aromatic heterocycles. The number of aryl methyl sites for hydroxylation is 3. The number of carbonyl (C=O) groups is 2. The number of hydrogen-bond donors (Lipinski definition) is 1. The molecular weight excluding hydrogens is 422 g/mol. The van der Waals surface area contributed by atoms with E-state index in [4.69, 9.17) is 0 Å². The van der Waals surface area contributed by atoms with Gasteiger partial charge < -0.3 is 10.2 Å². The van der Waals surface area contributed by atoms with Crippen molar-refractivity contribution in [2.75, 3.05) is 24.2 Å². The fraction of sp³-hybridized carbons (Fsp3) is 0.333. The van der Waals surface area contributed by atoms with Crippen molar-refractivity contribution < 1.29 is 9.59 Å². The van der Waals surface area contributed by atoms with E-state index in [1.807, 2.05) is 39.2 Å². The number of benzene rings is 2. The normalized spacial score (nSPS) is 10.8. The first-order valence-electron chi connectivity index (χ1n) is 10.7. The molecule has 3 rings (SSSR count). The summed E-state index contributed by atoms with van der Waals surface area (Å²) in [6, 6.07) is 13.3. The minimum Gasteiger partial charge on any atom is -0.339 e. The van der Waals surface area contributed by atoms with Gasteiger partial charge in [-0.3, -0.25) is 14.2 Å². The van der Waals surface area contributed by atoms with Crippen molar-refractivity contribution in [2.24, 2.45) is 0 Å². The average molecular weight is 452 g/mol. The molecule has 0 atom stereocenters.